The second-order valence-electron chi connectivity index (χ2n) is 8.24. The fourth-order valence-corrected chi connectivity index (χ4v) is 4.53. The molecule has 3 aliphatic rings. The molecule has 1 heterocycles. The number of nitrogens with one attached hydrogen (secondary N) is 1. The topological polar surface area (TPSA) is 72.9 Å². The molecular formula is C22H29N3O3. The van der Waals surface area contributed by atoms with Crippen LogP contribution in [0.5, 0.6) is 0 Å². The van der Waals surface area contributed by atoms with E-state index in [2.05, 4.69) is 23.1 Å². The molecule has 0 bridgehead atoms. The Morgan fingerprint density at radius 3 is 2.36 bits per heavy atom. The molecule has 1 aromatic rings. The van der Waals surface area contributed by atoms with Crippen LogP contribution >= 0.6 is 0 Å². The lowest BCUT2D eigenvalue weighted by Crippen LogP contribution is -2.52. The minimum atomic E-state index is -0.469. The van der Waals surface area contributed by atoms with Gasteiger partial charge in [0.25, 0.3) is 0 Å². The van der Waals surface area contributed by atoms with E-state index in [0.717, 1.165) is 19.5 Å². The second kappa shape index (κ2) is 8.35. The molecule has 2 atom stereocenters. The van der Waals surface area contributed by atoms with Gasteiger partial charge in [0.2, 0.25) is 11.8 Å². The predicted octanol–water partition coefficient (Wildman–Crippen LogP) is 2.59. The van der Waals surface area contributed by atoms with Crippen LogP contribution in [0.2, 0.25) is 0 Å². The Morgan fingerprint density at radius 2 is 1.71 bits per heavy atom. The van der Waals surface area contributed by atoms with Crippen LogP contribution in [0.15, 0.2) is 42.0 Å². The molecule has 0 spiro atoms. The molecule has 2 N–H and O–H groups in total. The summed E-state index contributed by atoms with van der Waals surface area (Å²) in [5, 5.41) is 9.19. The molecule has 6 heteroatoms. The number of hydrogen-bond donors (Lipinski definition) is 2. The molecule has 28 heavy (non-hydrogen) atoms. The number of benzene rings is 1. The summed E-state index contributed by atoms with van der Waals surface area (Å²) >= 11 is 0. The van der Waals surface area contributed by atoms with Crippen LogP contribution in [-0.2, 0) is 9.59 Å². The van der Waals surface area contributed by atoms with Gasteiger partial charge in [0.15, 0.2) is 0 Å². The third-order valence-corrected chi connectivity index (χ3v) is 6.31. The third-order valence-electron chi connectivity index (χ3n) is 6.31. The zero-order valence-corrected chi connectivity index (χ0v) is 16.2. The summed E-state index contributed by atoms with van der Waals surface area (Å²) < 4.78 is 0. The smallest absolute Gasteiger partial charge is 0.247 e. The van der Waals surface area contributed by atoms with E-state index in [1.807, 2.05) is 23.1 Å². The van der Waals surface area contributed by atoms with Crippen molar-refractivity contribution in [1.29, 1.82) is 0 Å². The highest BCUT2D eigenvalue weighted by molar-refractivity contribution is 5.88. The van der Waals surface area contributed by atoms with Crippen molar-refractivity contribution in [1.82, 2.24) is 10.4 Å². The van der Waals surface area contributed by atoms with Crippen LogP contribution < -0.4 is 10.4 Å². The van der Waals surface area contributed by atoms with Gasteiger partial charge in [0.1, 0.15) is 0 Å². The summed E-state index contributed by atoms with van der Waals surface area (Å²) in [5.41, 5.74) is 4.25. The number of rotatable bonds is 4. The van der Waals surface area contributed by atoms with Gasteiger partial charge in [-0.15, -0.1) is 0 Å². The van der Waals surface area contributed by atoms with Gasteiger partial charge in [-0.25, -0.2) is 5.48 Å². The molecule has 2 amide bonds. The van der Waals surface area contributed by atoms with Crippen LogP contribution in [0.25, 0.3) is 0 Å². The second-order valence-corrected chi connectivity index (χ2v) is 8.24. The Labute approximate surface area is 166 Å². The lowest BCUT2D eigenvalue weighted by atomic mass is 9.75. The zero-order chi connectivity index (χ0) is 19.5. The molecule has 2 saturated carbocycles. The quantitative estimate of drug-likeness (QED) is 0.476. The van der Waals surface area contributed by atoms with E-state index in [4.69, 9.17) is 0 Å². The van der Waals surface area contributed by atoms with Gasteiger partial charge in [-0.05, 0) is 50.2 Å². The van der Waals surface area contributed by atoms with Crippen molar-refractivity contribution in [3.05, 3.63) is 42.0 Å². The normalized spacial score (nSPS) is 27.0. The average Bonchev–Trinajstić information content (AvgIpc) is 3.57. The number of nitrogens with zero attached hydrogens (tertiary/aromatic N) is 2. The van der Waals surface area contributed by atoms with Crippen molar-refractivity contribution in [2.24, 2.45) is 17.8 Å². The highest BCUT2D eigenvalue weighted by Gasteiger charge is 2.40. The van der Waals surface area contributed by atoms with Gasteiger partial charge >= 0.3 is 0 Å². The molecule has 0 unspecified atom stereocenters. The molecule has 1 aliphatic heterocycles. The lowest BCUT2D eigenvalue weighted by Gasteiger charge is -2.40. The maximum absolute atomic E-state index is 13.2. The summed E-state index contributed by atoms with van der Waals surface area (Å²) in [5.74, 6) is -0.518. The molecule has 2 aliphatic carbocycles. The number of anilines is 1. The summed E-state index contributed by atoms with van der Waals surface area (Å²) in [6.45, 7) is 2.93. The third kappa shape index (κ3) is 4.22. The van der Waals surface area contributed by atoms with Crippen molar-refractivity contribution in [3.63, 3.8) is 0 Å². The molecular weight excluding hydrogens is 354 g/mol. The van der Waals surface area contributed by atoms with Gasteiger partial charge in [-0.3, -0.25) is 14.8 Å². The van der Waals surface area contributed by atoms with E-state index in [1.165, 1.54) is 24.1 Å². The van der Waals surface area contributed by atoms with Gasteiger partial charge in [0, 0.05) is 31.9 Å². The first kappa shape index (κ1) is 19.0. The van der Waals surface area contributed by atoms with E-state index >= 15 is 0 Å². The minimum Gasteiger partial charge on any atom is -0.368 e. The van der Waals surface area contributed by atoms with Crippen molar-refractivity contribution >= 4 is 17.5 Å². The first-order valence-electron chi connectivity index (χ1n) is 10.4. The van der Waals surface area contributed by atoms with Gasteiger partial charge in [-0.1, -0.05) is 29.8 Å². The standard InChI is InChI=1S/C22H29N3O3/c26-21(23-28)20-15-17(14-16-6-7-16)8-9-19(20)22(27)25-12-10-24(11-13-25)18-4-2-1-3-5-18/h1-5,14,16,19-20,28H,6-13,15H2,(H,23,26)/b17-14+/t19-,20-/m0/s1. The molecule has 0 radical (unpaired) electrons. The SMILES string of the molecule is O=C(NO)[C@H]1C/C(=C/C2CC2)CC[C@@H]1C(=O)N1CCN(c2ccccc2)CC1. The van der Waals surface area contributed by atoms with Gasteiger partial charge in [-0.2, -0.15) is 0 Å². The number of allylic oxidation sites excluding steroid dienone is 2. The van der Waals surface area contributed by atoms with Gasteiger partial charge in [0.05, 0.1) is 11.8 Å². The van der Waals surface area contributed by atoms with Crippen LogP contribution in [0.3, 0.4) is 0 Å². The zero-order valence-electron chi connectivity index (χ0n) is 16.2. The van der Waals surface area contributed by atoms with E-state index in [-0.39, 0.29) is 11.8 Å². The van der Waals surface area contributed by atoms with Crippen LogP contribution in [0, 0.1) is 17.8 Å². The molecule has 3 fully saturated rings. The fourth-order valence-electron chi connectivity index (χ4n) is 4.53. The monoisotopic (exact) mass is 383 g/mol. The Balaban J connectivity index is 1.39. The Bertz CT molecular complexity index is 737. The number of carbonyl (C=O) groups is 2. The lowest BCUT2D eigenvalue weighted by molar-refractivity contribution is -0.146. The number of carbonyl (C=O) groups excluding carboxylic acids is 2. The molecule has 150 valence electrons. The Hall–Kier alpha value is -2.34. The highest BCUT2D eigenvalue weighted by Crippen LogP contribution is 2.39. The van der Waals surface area contributed by atoms with E-state index in [0.29, 0.717) is 31.8 Å². The van der Waals surface area contributed by atoms with Crippen LogP contribution in [0.1, 0.15) is 32.1 Å². The van der Waals surface area contributed by atoms with Crippen LogP contribution in [0.4, 0.5) is 5.69 Å². The number of piperazine rings is 1. The highest BCUT2D eigenvalue weighted by atomic mass is 16.5. The molecule has 1 saturated heterocycles. The fraction of sp³-hybridized carbons (Fsp3) is 0.545. The summed E-state index contributed by atoms with van der Waals surface area (Å²) in [4.78, 5) is 29.7. The van der Waals surface area contributed by atoms with Crippen molar-refractivity contribution in [2.75, 3.05) is 31.1 Å². The molecule has 1 aromatic carbocycles. The first-order chi connectivity index (χ1) is 13.7. The number of hydrogen-bond acceptors (Lipinski definition) is 4. The Kier molecular flexibility index (Phi) is 5.67. The number of hydroxylamine groups is 1. The molecule has 4 rings (SSSR count). The van der Waals surface area contributed by atoms with Crippen molar-refractivity contribution in [3.8, 4) is 0 Å². The maximum Gasteiger partial charge on any atom is 0.247 e. The Morgan fingerprint density at radius 1 is 1.00 bits per heavy atom. The van der Waals surface area contributed by atoms with Crippen molar-refractivity contribution < 1.29 is 14.8 Å². The first-order valence-corrected chi connectivity index (χ1v) is 10.4. The minimum absolute atomic E-state index is 0.0618. The average molecular weight is 383 g/mol. The molecule has 0 aromatic heterocycles. The van der Waals surface area contributed by atoms with Crippen LogP contribution in [-0.4, -0.2) is 48.1 Å². The largest absolute Gasteiger partial charge is 0.368 e. The summed E-state index contributed by atoms with van der Waals surface area (Å²) in [7, 11) is 0. The van der Waals surface area contributed by atoms with E-state index in [9.17, 15) is 14.8 Å². The van der Waals surface area contributed by atoms with Gasteiger partial charge < -0.3 is 9.80 Å². The maximum atomic E-state index is 13.2. The summed E-state index contributed by atoms with van der Waals surface area (Å²) in [6.07, 6.45) is 6.91. The van der Waals surface area contributed by atoms with E-state index in [1.54, 1.807) is 5.48 Å². The predicted molar refractivity (Wildman–Crippen MR) is 107 cm³/mol. The number of para-hydroxylation sites is 1. The van der Waals surface area contributed by atoms with E-state index < -0.39 is 11.8 Å². The van der Waals surface area contributed by atoms with Crippen molar-refractivity contribution in [2.45, 2.75) is 32.1 Å². The number of amides is 2. The summed E-state index contributed by atoms with van der Waals surface area (Å²) in [6, 6.07) is 10.2. The molecule has 6 nitrogen and oxygen atoms in total.